The third-order valence-electron chi connectivity index (χ3n) is 1.86. The second-order valence-corrected chi connectivity index (χ2v) is 2.68. The Labute approximate surface area is 69.9 Å². The minimum absolute atomic E-state index is 0.575. The van der Waals surface area contributed by atoms with E-state index in [1.54, 1.807) is 0 Å². The van der Waals surface area contributed by atoms with Crippen LogP contribution in [0.5, 0.6) is 0 Å². The molecule has 1 heterocycles. The van der Waals surface area contributed by atoms with Crippen molar-refractivity contribution in [1.29, 1.82) is 0 Å². The van der Waals surface area contributed by atoms with E-state index in [1.807, 2.05) is 0 Å². The van der Waals surface area contributed by atoms with Gasteiger partial charge in [0.05, 0.1) is 0 Å². The number of amides is 1. The predicted molar refractivity (Wildman–Crippen MR) is 39.5 cm³/mol. The van der Waals surface area contributed by atoms with Gasteiger partial charge in [0, 0.05) is 13.0 Å². The molecule has 1 aliphatic rings. The lowest BCUT2D eigenvalue weighted by Crippen LogP contribution is -2.41. The van der Waals surface area contributed by atoms with Crippen LogP contribution in [0.3, 0.4) is 0 Å². The van der Waals surface area contributed by atoms with E-state index < -0.39 is 12.4 Å². The number of carbonyl (C=O) groups excluding carboxylic acids is 1. The molecule has 0 bridgehead atoms. The van der Waals surface area contributed by atoms with Gasteiger partial charge in [-0.3, -0.25) is 4.79 Å². The van der Waals surface area contributed by atoms with Crippen LogP contribution in [0, 0.1) is 0 Å². The summed E-state index contributed by atoms with van der Waals surface area (Å²) in [4.78, 5) is 21.9. The van der Waals surface area contributed by atoms with Crippen LogP contribution in [0.25, 0.3) is 0 Å². The largest absolute Gasteiger partial charge is 0.507 e. The van der Waals surface area contributed by atoms with E-state index in [2.05, 4.69) is 4.74 Å². The molecule has 1 saturated heterocycles. The molecule has 1 amide bonds. The molecule has 5 nitrogen and oxygen atoms in total. The molecule has 0 saturated carbocycles. The number of likely N-dealkylation sites (tertiary alicyclic amines) is 1. The van der Waals surface area contributed by atoms with Crippen LogP contribution in [-0.4, -0.2) is 35.3 Å². The van der Waals surface area contributed by atoms with Crippen molar-refractivity contribution in [1.82, 2.24) is 4.90 Å². The van der Waals surface area contributed by atoms with Crippen molar-refractivity contribution < 1.29 is 19.4 Å². The Balaban J connectivity index is 2.46. The highest BCUT2D eigenvalue weighted by Crippen LogP contribution is 2.15. The highest BCUT2D eigenvalue weighted by molar-refractivity contribution is 5.57. The molecule has 1 atom stereocenters. The Kier molecular flexibility index (Phi) is 2.90. The summed E-state index contributed by atoms with van der Waals surface area (Å²) in [5.74, 6) is 0. The maximum atomic E-state index is 10.4. The Morgan fingerprint density at radius 2 is 2.33 bits per heavy atom. The van der Waals surface area contributed by atoms with Gasteiger partial charge >= 0.3 is 6.16 Å². The first-order valence-corrected chi connectivity index (χ1v) is 3.84. The van der Waals surface area contributed by atoms with Gasteiger partial charge in [-0.1, -0.05) is 0 Å². The first-order chi connectivity index (χ1) is 5.74. The van der Waals surface area contributed by atoms with E-state index in [4.69, 9.17) is 5.11 Å². The molecule has 0 aromatic heterocycles. The molecular weight excluding hydrogens is 162 g/mol. The molecule has 12 heavy (non-hydrogen) atoms. The average molecular weight is 173 g/mol. The Bertz CT molecular complexity index is 182. The van der Waals surface area contributed by atoms with Crippen molar-refractivity contribution >= 4 is 12.6 Å². The molecule has 0 radical (unpaired) electrons. The molecule has 68 valence electrons. The number of hydrogen-bond acceptors (Lipinski definition) is 3. The van der Waals surface area contributed by atoms with Gasteiger partial charge in [0.25, 0.3) is 0 Å². The molecule has 0 spiro atoms. The molecule has 1 fully saturated rings. The van der Waals surface area contributed by atoms with Crippen molar-refractivity contribution in [2.75, 3.05) is 6.54 Å². The molecule has 0 aromatic rings. The van der Waals surface area contributed by atoms with E-state index >= 15 is 0 Å². The van der Waals surface area contributed by atoms with Crippen molar-refractivity contribution in [3.63, 3.8) is 0 Å². The zero-order valence-electron chi connectivity index (χ0n) is 6.60. The zero-order chi connectivity index (χ0) is 8.97. The third kappa shape index (κ3) is 2.11. The summed E-state index contributed by atoms with van der Waals surface area (Å²) in [5.41, 5.74) is 0. The zero-order valence-corrected chi connectivity index (χ0v) is 6.60. The smallest absolute Gasteiger partial charge is 0.450 e. The van der Waals surface area contributed by atoms with Crippen molar-refractivity contribution in [2.45, 2.75) is 25.5 Å². The summed E-state index contributed by atoms with van der Waals surface area (Å²) in [6.45, 7) is 0.585. The highest BCUT2D eigenvalue weighted by Gasteiger charge is 2.23. The van der Waals surface area contributed by atoms with Crippen LogP contribution >= 0.6 is 0 Å². The number of ether oxygens (including phenoxy) is 1. The standard InChI is InChI=1S/C7H11NO4/c9-5-8-4-2-1-3-6(8)12-7(10)11/h5-6H,1-4H2,(H,10,11). The van der Waals surface area contributed by atoms with Crippen LogP contribution in [0.15, 0.2) is 0 Å². The number of carboxylic acid groups (broad SMARTS) is 1. The van der Waals surface area contributed by atoms with Crippen LogP contribution in [0.2, 0.25) is 0 Å². The molecule has 5 heteroatoms. The summed E-state index contributed by atoms with van der Waals surface area (Å²) in [5, 5.41) is 8.31. The van der Waals surface area contributed by atoms with Crippen LogP contribution < -0.4 is 0 Å². The predicted octanol–water partition coefficient (Wildman–Crippen LogP) is 0.649. The minimum atomic E-state index is -1.33. The maximum absolute atomic E-state index is 10.4. The van der Waals surface area contributed by atoms with Crippen LogP contribution in [-0.2, 0) is 9.53 Å². The monoisotopic (exact) mass is 173 g/mol. The van der Waals surface area contributed by atoms with E-state index in [-0.39, 0.29) is 0 Å². The summed E-state index contributed by atoms with van der Waals surface area (Å²) >= 11 is 0. The van der Waals surface area contributed by atoms with E-state index in [0.29, 0.717) is 19.4 Å². The number of carbonyl (C=O) groups is 2. The van der Waals surface area contributed by atoms with Gasteiger partial charge in [0.1, 0.15) is 0 Å². The summed E-state index contributed by atoms with van der Waals surface area (Å²) in [6, 6.07) is 0. The molecule has 1 N–H and O–H groups in total. The second kappa shape index (κ2) is 3.94. The highest BCUT2D eigenvalue weighted by atomic mass is 16.7. The number of piperidine rings is 1. The van der Waals surface area contributed by atoms with E-state index in [1.165, 1.54) is 4.90 Å². The number of nitrogens with zero attached hydrogens (tertiary/aromatic N) is 1. The lowest BCUT2D eigenvalue weighted by molar-refractivity contribution is -0.131. The lowest BCUT2D eigenvalue weighted by Gasteiger charge is -2.30. The fourth-order valence-corrected chi connectivity index (χ4v) is 1.29. The minimum Gasteiger partial charge on any atom is -0.450 e. The molecule has 1 unspecified atom stereocenters. The van der Waals surface area contributed by atoms with Crippen LogP contribution in [0.4, 0.5) is 4.79 Å². The molecule has 1 aliphatic heterocycles. The van der Waals surface area contributed by atoms with Gasteiger partial charge < -0.3 is 14.7 Å². The van der Waals surface area contributed by atoms with Crippen LogP contribution in [0.1, 0.15) is 19.3 Å². The van der Waals surface area contributed by atoms with Gasteiger partial charge in [0.15, 0.2) is 6.23 Å². The van der Waals surface area contributed by atoms with Gasteiger partial charge in [-0.15, -0.1) is 0 Å². The average Bonchev–Trinajstić information content (AvgIpc) is 2.04. The lowest BCUT2D eigenvalue weighted by atomic mass is 10.1. The summed E-state index contributed by atoms with van der Waals surface area (Å²) in [6.07, 6.45) is 1.15. The maximum Gasteiger partial charge on any atom is 0.507 e. The summed E-state index contributed by atoms with van der Waals surface area (Å²) in [7, 11) is 0. The third-order valence-corrected chi connectivity index (χ3v) is 1.86. The first-order valence-electron chi connectivity index (χ1n) is 3.84. The SMILES string of the molecule is O=CN1CCCCC1OC(=O)O. The number of hydrogen-bond donors (Lipinski definition) is 1. The Morgan fingerprint density at radius 1 is 1.58 bits per heavy atom. The fourth-order valence-electron chi connectivity index (χ4n) is 1.29. The Morgan fingerprint density at radius 3 is 2.92 bits per heavy atom. The second-order valence-electron chi connectivity index (χ2n) is 2.68. The van der Waals surface area contributed by atoms with E-state index in [9.17, 15) is 9.59 Å². The van der Waals surface area contributed by atoms with Gasteiger partial charge in [-0.25, -0.2) is 4.79 Å². The first kappa shape index (κ1) is 8.83. The Hall–Kier alpha value is -1.26. The fraction of sp³-hybridized carbons (Fsp3) is 0.714. The molecule has 0 aromatic carbocycles. The van der Waals surface area contributed by atoms with Crippen molar-refractivity contribution in [3.8, 4) is 0 Å². The van der Waals surface area contributed by atoms with Crippen molar-refractivity contribution in [2.24, 2.45) is 0 Å². The quantitative estimate of drug-likeness (QED) is 0.491. The summed E-state index contributed by atoms with van der Waals surface area (Å²) < 4.78 is 4.51. The molecular formula is C7H11NO4. The topological polar surface area (TPSA) is 66.8 Å². The normalized spacial score (nSPS) is 23.3. The van der Waals surface area contributed by atoms with Gasteiger partial charge in [0.2, 0.25) is 6.41 Å². The van der Waals surface area contributed by atoms with E-state index in [0.717, 1.165) is 12.8 Å². The van der Waals surface area contributed by atoms with Gasteiger partial charge in [-0.05, 0) is 12.8 Å². The molecule has 1 rings (SSSR count). The number of rotatable bonds is 2. The van der Waals surface area contributed by atoms with Gasteiger partial charge in [-0.2, -0.15) is 0 Å². The van der Waals surface area contributed by atoms with Crippen molar-refractivity contribution in [3.05, 3.63) is 0 Å². The molecule has 0 aliphatic carbocycles.